The molecular formula is C14H16BrF2NO2. The molecule has 0 amide bonds. The summed E-state index contributed by atoms with van der Waals surface area (Å²) in [4.78, 5) is 10.1. The summed E-state index contributed by atoms with van der Waals surface area (Å²) in [6, 6.07) is 5.78. The van der Waals surface area contributed by atoms with Crippen molar-refractivity contribution in [3.05, 3.63) is 29.8 Å². The van der Waals surface area contributed by atoms with Gasteiger partial charge < -0.3 is 4.74 Å². The Morgan fingerprint density at radius 1 is 1.25 bits per heavy atom. The smallest absolute Gasteiger partial charge is 0.363 e. The van der Waals surface area contributed by atoms with Crippen LogP contribution in [0.5, 0.6) is 5.75 Å². The molecule has 1 aliphatic rings. The number of Topliss-reactive ketones (excluding diaryl/α,β-unsaturated/α-hetero) is 1. The van der Waals surface area contributed by atoms with Gasteiger partial charge in [0.25, 0.3) is 0 Å². The normalized spacial score (nSPS) is 16.4. The van der Waals surface area contributed by atoms with Crippen LogP contribution in [0.1, 0.15) is 23.2 Å². The number of carbonyl (C=O) groups is 1. The molecule has 20 heavy (non-hydrogen) atoms. The van der Waals surface area contributed by atoms with Crippen LogP contribution in [-0.2, 0) is 0 Å². The molecular weight excluding hydrogens is 332 g/mol. The molecule has 0 saturated carbocycles. The molecule has 0 aromatic heterocycles. The molecule has 6 heteroatoms. The zero-order valence-corrected chi connectivity index (χ0v) is 12.5. The minimum atomic E-state index is -3.52. The first-order valence-corrected chi connectivity index (χ1v) is 7.33. The van der Waals surface area contributed by atoms with Gasteiger partial charge in [-0.15, -0.1) is 0 Å². The van der Waals surface area contributed by atoms with Gasteiger partial charge in [-0.25, -0.2) is 0 Å². The van der Waals surface area contributed by atoms with Crippen molar-refractivity contribution < 1.29 is 18.3 Å². The Morgan fingerprint density at radius 2 is 1.85 bits per heavy atom. The Morgan fingerprint density at radius 3 is 2.40 bits per heavy atom. The Balaban J connectivity index is 1.83. The number of hydrogen-bond donors (Lipinski definition) is 0. The number of nitrogens with zero attached hydrogens (tertiary/aromatic N) is 1. The number of ether oxygens (including phenoxy) is 1. The first-order chi connectivity index (χ1) is 9.47. The van der Waals surface area contributed by atoms with Gasteiger partial charge in [0.2, 0.25) is 5.78 Å². The molecule has 110 valence electrons. The van der Waals surface area contributed by atoms with Crippen LogP contribution in [-0.4, -0.2) is 41.8 Å². The molecule has 0 spiro atoms. The van der Waals surface area contributed by atoms with Crippen molar-refractivity contribution >= 4 is 21.7 Å². The average Bonchev–Trinajstić information content (AvgIpc) is 2.91. The van der Waals surface area contributed by atoms with Crippen LogP contribution in [0.3, 0.4) is 0 Å². The van der Waals surface area contributed by atoms with Gasteiger partial charge in [0.15, 0.2) is 0 Å². The molecule has 3 nitrogen and oxygen atoms in total. The fourth-order valence-electron chi connectivity index (χ4n) is 2.17. The van der Waals surface area contributed by atoms with E-state index in [4.69, 9.17) is 4.74 Å². The number of rotatable bonds is 6. The summed E-state index contributed by atoms with van der Waals surface area (Å²) in [5, 5.41) is 0. The predicted molar refractivity (Wildman–Crippen MR) is 75.8 cm³/mol. The lowest BCUT2D eigenvalue weighted by Gasteiger charge is -2.15. The van der Waals surface area contributed by atoms with E-state index in [2.05, 4.69) is 20.8 Å². The van der Waals surface area contributed by atoms with E-state index < -0.39 is 10.6 Å². The van der Waals surface area contributed by atoms with E-state index in [1.54, 1.807) is 0 Å². The van der Waals surface area contributed by atoms with E-state index in [-0.39, 0.29) is 5.56 Å². The topological polar surface area (TPSA) is 29.5 Å². The summed E-state index contributed by atoms with van der Waals surface area (Å²) in [6.07, 6.45) is 2.47. The van der Waals surface area contributed by atoms with Crippen molar-refractivity contribution in [2.24, 2.45) is 0 Å². The highest BCUT2D eigenvalue weighted by Gasteiger charge is 2.35. The Labute approximate surface area is 125 Å². The maximum Gasteiger partial charge on any atom is 0.363 e. The highest BCUT2D eigenvalue weighted by molar-refractivity contribution is 9.10. The second-order valence-electron chi connectivity index (χ2n) is 4.75. The van der Waals surface area contributed by atoms with E-state index in [0.717, 1.165) is 19.6 Å². The third-order valence-electron chi connectivity index (χ3n) is 3.25. The van der Waals surface area contributed by atoms with E-state index in [1.165, 1.54) is 37.1 Å². The summed E-state index contributed by atoms with van der Waals surface area (Å²) in [6.45, 7) is 3.64. The standard InChI is InChI=1S/C14H16BrF2NO2/c15-14(16,17)13(19)11-3-5-12(6-4-11)20-10-9-18-7-1-2-8-18/h3-6H,1-2,7-10H2. The largest absolute Gasteiger partial charge is 0.492 e. The molecule has 0 aliphatic carbocycles. The summed E-state index contributed by atoms with van der Waals surface area (Å²) in [5.41, 5.74) is -0.0428. The number of hydrogen-bond acceptors (Lipinski definition) is 3. The van der Waals surface area contributed by atoms with Crippen molar-refractivity contribution in [1.82, 2.24) is 4.90 Å². The van der Waals surface area contributed by atoms with Gasteiger partial charge in [-0.2, -0.15) is 8.78 Å². The van der Waals surface area contributed by atoms with E-state index in [1.807, 2.05) is 0 Å². The second-order valence-corrected chi connectivity index (χ2v) is 5.74. The van der Waals surface area contributed by atoms with Crippen LogP contribution < -0.4 is 4.74 Å². The molecule has 1 heterocycles. The van der Waals surface area contributed by atoms with Crippen LogP contribution in [0.25, 0.3) is 0 Å². The first-order valence-electron chi connectivity index (χ1n) is 6.53. The maximum absolute atomic E-state index is 12.8. The van der Waals surface area contributed by atoms with Crippen molar-refractivity contribution in [2.45, 2.75) is 17.7 Å². The van der Waals surface area contributed by atoms with Gasteiger partial charge in [0.05, 0.1) is 0 Å². The van der Waals surface area contributed by atoms with Crippen LogP contribution in [0.15, 0.2) is 24.3 Å². The van der Waals surface area contributed by atoms with Crippen LogP contribution in [0.4, 0.5) is 8.78 Å². The molecule has 0 unspecified atom stereocenters. The predicted octanol–water partition coefficient (Wildman–Crippen LogP) is 3.33. The van der Waals surface area contributed by atoms with Crippen LogP contribution in [0.2, 0.25) is 0 Å². The third-order valence-corrected chi connectivity index (χ3v) is 3.61. The maximum atomic E-state index is 12.8. The molecule has 0 bridgehead atoms. The van der Waals surface area contributed by atoms with Gasteiger partial charge in [0, 0.05) is 12.1 Å². The van der Waals surface area contributed by atoms with Gasteiger partial charge in [0.1, 0.15) is 12.4 Å². The number of likely N-dealkylation sites (tertiary alicyclic amines) is 1. The van der Waals surface area contributed by atoms with Crippen molar-refractivity contribution in [2.75, 3.05) is 26.2 Å². The monoisotopic (exact) mass is 347 g/mol. The van der Waals surface area contributed by atoms with Gasteiger partial charge in [-0.1, -0.05) is 0 Å². The molecule has 1 fully saturated rings. The second kappa shape index (κ2) is 6.63. The van der Waals surface area contributed by atoms with Crippen molar-refractivity contribution in [3.63, 3.8) is 0 Å². The zero-order valence-electron chi connectivity index (χ0n) is 10.9. The van der Waals surface area contributed by atoms with Gasteiger partial charge in [-0.3, -0.25) is 9.69 Å². The molecule has 1 aliphatic heterocycles. The zero-order chi connectivity index (χ0) is 14.6. The molecule has 1 aromatic carbocycles. The number of ketones is 1. The lowest BCUT2D eigenvalue weighted by Crippen LogP contribution is -2.25. The van der Waals surface area contributed by atoms with Gasteiger partial charge >= 0.3 is 4.83 Å². The molecule has 0 atom stereocenters. The Hall–Kier alpha value is -1.01. The van der Waals surface area contributed by atoms with E-state index >= 15 is 0 Å². The Bertz CT molecular complexity index is 453. The SMILES string of the molecule is O=C(c1ccc(OCCN2CCCC2)cc1)C(F)(F)Br. The molecule has 2 rings (SSSR count). The van der Waals surface area contributed by atoms with Crippen molar-refractivity contribution in [3.8, 4) is 5.75 Å². The summed E-state index contributed by atoms with van der Waals surface area (Å²) >= 11 is 2.06. The Kier molecular flexibility index (Phi) is 5.10. The summed E-state index contributed by atoms with van der Waals surface area (Å²) in [5.74, 6) is -0.667. The number of alkyl halides is 3. The molecule has 1 saturated heterocycles. The third kappa shape index (κ3) is 4.24. The quantitative estimate of drug-likeness (QED) is 0.583. The first kappa shape index (κ1) is 15.4. The van der Waals surface area contributed by atoms with Crippen LogP contribution >= 0.6 is 15.9 Å². The summed E-state index contributed by atoms with van der Waals surface area (Å²) < 4.78 is 31.2. The molecule has 0 N–H and O–H groups in total. The molecule has 0 radical (unpaired) electrons. The molecule has 1 aromatic rings. The summed E-state index contributed by atoms with van der Waals surface area (Å²) in [7, 11) is 0. The highest BCUT2D eigenvalue weighted by Crippen LogP contribution is 2.27. The fourth-order valence-corrected chi connectivity index (χ4v) is 2.39. The van der Waals surface area contributed by atoms with Crippen molar-refractivity contribution in [1.29, 1.82) is 0 Å². The number of halogens is 3. The minimum absolute atomic E-state index is 0.0428. The van der Waals surface area contributed by atoms with E-state index in [9.17, 15) is 13.6 Å². The van der Waals surface area contributed by atoms with E-state index in [0.29, 0.717) is 12.4 Å². The fraction of sp³-hybridized carbons (Fsp3) is 0.500. The average molecular weight is 348 g/mol. The lowest BCUT2D eigenvalue weighted by atomic mass is 10.1. The number of benzene rings is 1. The van der Waals surface area contributed by atoms with Crippen LogP contribution in [0, 0.1) is 0 Å². The van der Waals surface area contributed by atoms with Gasteiger partial charge in [-0.05, 0) is 66.1 Å². The number of carbonyl (C=O) groups excluding carboxylic acids is 1. The lowest BCUT2D eigenvalue weighted by molar-refractivity contribution is 0.0592. The minimum Gasteiger partial charge on any atom is -0.492 e. The highest BCUT2D eigenvalue weighted by atomic mass is 79.9.